The summed E-state index contributed by atoms with van der Waals surface area (Å²) in [4.78, 5) is 26.1. The van der Waals surface area contributed by atoms with Crippen molar-refractivity contribution in [1.82, 2.24) is 5.32 Å². The van der Waals surface area contributed by atoms with Crippen LogP contribution in [-0.4, -0.2) is 18.4 Å². The van der Waals surface area contributed by atoms with E-state index in [-0.39, 0.29) is 23.7 Å². The van der Waals surface area contributed by atoms with E-state index in [4.69, 9.17) is 0 Å². The van der Waals surface area contributed by atoms with E-state index in [1.807, 2.05) is 24.3 Å². The van der Waals surface area contributed by atoms with Crippen molar-refractivity contribution in [3.05, 3.63) is 29.8 Å². The van der Waals surface area contributed by atoms with Crippen LogP contribution in [0.1, 0.15) is 31.7 Å². The number of hydrogen-bond acceptors (Lipinski definition) is 3. The summed E-state index contributed by atoms with van der Waals surface area (Å²) >= 11 is 0. The third-order valence-electron chi connectivity index (χ3n) is 4.36. The fraction of sp³-hybridized carbons (Fsp3) is 0.500. The number of carbonyl (C=O) groups is 2. The summed E-state index contributed by atoms with van der Waals surface area (Å²) < 4.78 is 0. The lowest BCUT2D eigenvalue weighted by Gasteiger charge is -2.16. The number of nitrogens with zero attached hydrogens (tertiary/aromatic N) is 1. The minimum absolute atomic E-state index is 0.00284. The molecule has 0 radical (unpaired) electrons. The van der Waals surface area contributed by atoms with Gasteiger partial charge in [0.2, 0.25) is 11.8 Å². The van der Waals surface area contributed by atoms with Gasteiger partial charge in [-0.25, -0.2) is 0 Å². The van der Waals surface area contributed by atoms with Crippen molar-refractivity contribution >= 4 is 17.5 Å². The van der Waals surface area contributed by atoms with E-state index in [1.54, 1.807) is 0 Å². The zero-order valence-electron chi connectivity index (χ0n) is 11.8. The summed E-state index contributed by atoms with van der Waals surface area (Å²) in [5.41, 5.74) is 1.88. The molecule has 1 aliphatic carbocycles. The van der Waals surface area contributed by atoms with Crippen LogP contribution in [0.3, 0.4) is 0 Å². The minimum Gasteiger partial charge on any atom is -0.313 e. The molecule has 20 heavy (non-hydrogen) atoms. The van der Waals surface area contributed by atoms with Crippen LogP contribution in [0.4, 0.5) is 5.69 Å². The predicted molar refractivity (Wildman–Crippen MR) is 77.1 cm³/mol. The summed E-state index contributed by atoms with van der Waals surface area (Å²) in [5, 5.41) is 3.26. The molecular formula is C16H20N2O2. The van der Waals surface area contributed by atoms with Crippen LogP contribution in [0.2, 0.25) is 0 Å². The molecular weight excluding hydrogens is 252 g/mol. The monoisotopic (exact) mass is 272 g/mol. The quantitative estimate of drug-likeness (QED) is 0.854. The zero-order valence-corrected chi connectivity index (χ0v) is 11.8. The lowest BCUT2D eigenvalue weighted by Crippen LogP contribution is -2.31. The van der Waals surface area contributed by atoms with Crippen LogP contribution < -0.4 is 10.2 Å². The molecule has 3 rings (SSSR count). The molecule has 1 saturated carbocycles. The highest BCUT2D eigenvalue weighted by Crippen LogP contribution is 2.41. The first kappa shape index (κ1) is 13.3. The minimum atomic E-state index is -0.0658. The molecule has 1 saturated heterocycles. The first-order valence-corrected chi connectivity index (χ1v) is 7.40. The normalized spacial score (nSPS) is 25.4. The number of rotatable bonds is 4. The lowest BCUT2D eigenvalue weighted by atomic mass is 10.00. The van der Waals surface area contributed by atoms with Gasteiger partial charge >= 0.3 is 0 Å². The molecule has 0 aromatic heterocycles. The molecule has 2 aliphatic rings. The van der Waals surface area contributed by atoms with Gasteiger partial charge in [-0.2, -0.15) is 0 Å². The number of imide groups is 1. The Bertz CT molecular complexity index is 502. The fourth-order valence-electron chi connectivity index (χ4n) is 3.28. The first-order valence-electron chi connectivity index (χ1n) is 7.40. The van der Waals surface area contributed by atoms with Gasteiger partial charge in [-0.15, -0.1) is 0 Å². The Kier molecular flexibility index (Phi) is 3.57. The second-order valence-electron chi connectivity index (χ2n) is 5.60. The molecule has 2 fully saturated rings. The summed E-state index contributed by atoms with van der Waals surface area (Å²) in [6.45, 7) is 3.80. The standard InChI is InChI=1S/C16H20N2O2/c1-2-17-10-11-6-8-12(9-7-11)18-15(19)13-4-3-5-14(13)16(18)20/h6-9,13-14,17H,2-5,10H2,1H3. The van der Waals surface area contributed by atoms with Gasteiger partial charge in [-0.3, -0.25) is 14.5 Å². The molecule has 1 N–H and O–H groups in total. The Labute approximate surface area is 119 Å². The maximum absolute atomic E-state index is 12.3. The van der Waals surface area contributed by atoms with Crippen molar-refractivity contribution in [2.75, 3.05) is 11.4 Å². The topological polar surface area (TPSA) is 49.4 Å². The van der Waals surface area contributed by atoms with E-state index in [9.17, 15) is 9.59 Å². The van der Waals surface area contributed by atoms with E-state index in [0.717, 1.165) is 43.6 Å². The van der Waals surface area contributed by atoms with Gasteiger partial charge in [-0.1, -0.05) is 25.5 Å². The van der Waals surface area contributed by atoms with Crippen LogP contribution in [0.25, 0.3) is 0 Å². The number of amides is 2. The van der Waals surface area contributed by atoms with Gasteiger partial charge in [0, 0.05) is 6.54 Å². The molecule has 1 aromatic carbocycles. The number of fused-ring (bicyclic) bond motifs is 1. The van der Waals surface area contributed by atoms with Crippen molar-refractivity contribution < 1.29 is 9.59 Å². The average Bonchev–Trinajstić information content (AvgIpc) is 3.03. The lowest BCUT2D eigenvalue weighted by molar-refractivity contribution is -0.122. The molecule has 1 heterocycles. The second kappa shape index (κ2) is 5.37. The van der Waals surface area contributed by atoms with Gasteiger partial charge in [0.1, 0.15) is 0 Å². The highest BCUT2D eigenvalue weighted by atomic mass is 16.2. The third-order valence-corrected chi connectivity index (χ3v) is 4.36. The number of nitrogens with one attached hydrogen (secondary N) is 1. The molecule has 4 nitrogen and oxygen atoms in total. The van der Waals surface area contributed by atoms with Crippen LogP contribution in [-0.2, 0) is 16.1 Å². The first-order chi connectivity index (χ1) is 9.72. The summed E-state index contributed by atoms with van der Waals surface area (Å²) in [6, 6.07) is 7.71. The molecule has 1 aromatic rings. The summed E-state index contributed by atoms with van der Waals surface area (Å²) in [6.07, 6.45) is 2.73. The van der Waals surface area contributed by atoms with Gasteiger partial charge in [0.15, 0.2) is 0 Å². The Morgan fingerprint density at radius 3 is 2.25 bits per heavy atom. The van der Waals surface area contributed by atoms with Crippen molar-refractivity contribution in [2.24, 2.45) is 11.8 Å². The van der Waals surface area contributed by atoms with E-state index < -0.39 is 0 Å². The van der Waals surface area contributed by atoms with Crippen LogP contribution in [0, 0.1) is 11.8 Å². The van der Waals surface area contributed by atoms with E-state index in [1.165, 1.54) is 4.90 Å². The van der Waals surface area contributed by atoms with Gasteiger partial charge in [0.25, 0.3) is 0 Å². The third kappa shape index (κ3) is 2.14. The molecule has 2 amide bonds. The van der Waals surface area contributed by atoms with E-state index >= 15 is 0 Å². The highest BCUT2D eigenvalue weighted by Gasteiger charge is 2.50. The Morgan fingerprint density at radius 1 is 1.10 bits per heavy atom. The van der Waals surface area contributed by atoms with Crippen LogP contribution >= 0.6 is 0 Å². The molecule has 0 spiro atoms. The van der Waals surface area contributed by atoms with E-state index in [2.05, 4.69) is 12.2 Å². The zero-order chi connectivity index (χ0) is 14.1. The number of carbonyl (C=O) groups excluding carboxylic acids is 2. The number of benzene rings is 1. The Hall–Kier alpha value is -1.68. The number of anilines is 1. The van der Waals surface area contributed by atoms with Gasteiger partial charge in [-0.05, 0) is 37.1 Å². The molecule has 1 aliphatic heterocycles. The number of hydrogen-bond donors (Lipinski definition) is 1. The average molecular weight is 272 g/mol. The SMILES string of the molecule is CCNCc1ccc(N2C(=O)C3CCCC3C2=O)cc1. The van der Waals surface area contributed by atoms with Crippen LogP contribution in [0.5, 0.6) is 0 Å². The van der Waals surface area contributed by atoms with Crippen molar-refractivity contribution in [2.45, 2.75) is 32.7 Å². The maximum atomic E-state index is 12.3. The summed E-state index contributed by atoms with van der Waals surface area (Å²) in [7, 11) is 0. The second-order valence-corrected chi connectivity index (χ2v) is 5.60. The highest BCUT2D eigenvalue weighted by molar-refractivity contribution is 6.22. The Balaban J connectivity index is 1.79. The van der Waals surface area contributed by atoms with Crippen molar-refractivity contribution in [3.63, 3.8) is 0 Å². The van der Waals surface area contributed by atoms with Crippen LogP contribution in [0.15, 0.2) is 24.3 Å². The predicted octanol–water partition coefficient (Wildman–Crippen LogP) is 2.09. The van der Waals surface area contributed by atoms with Crippen molar-refractivity contribution in [3.8, 4) is 0 Å². The van der Waals surface area contributed by atoms with Gasteiger partial charge in [0.05, 0.1) is 17.5 Å². The Morgan fingerprint density at radius 2 is 1.70 bits per heavy atom. The summed E-state index contributed by atoms with van der Waals surface area (Å²) in [5.74, 6) is -0.137. The molecule has 0 bridgehead atoms. The fourth-order valence-corrected chi connectivity index (χ4v) is 3.28. The van der Waals surface area contributed by atoms with Crippen molar-refractivity contribution in [1.29, 1.82) is 0 Å². The smallest absolute Gasteiger partial charge is 0.237 e. The molecule has 2 unspecified atom stereocenters. The molecule has 4 heteroatoms. The largest absolute Gasteiger partial charge is 0.313 e. The van der Waals surface area contributed by atoms with Gasteiger partial charge < -0.3 is 5.32 Å². The van der Waals surface area contributed by atoms with E-state index in [0.29, 0.717) is 0 Å². The molecule has 106 valence electrons. The molecule has 2 atom stereocenters. The maximum Gasteiger partial charge on any atom is 0.237 e.